The van der Waals surface area contributed by atoms with Crippen LogP contribution < -0.4 is 4.90 Å². The minimum Gasteiger partial charge on any atom is -0.355 e. The van der Waals surface area contributed by atoms with Crippen LogP contribution in [0.15, 0.2) is 36.5 Å². The Labute approximate surface area is 170 Å². The van der Waals surface area contributed by atoms with Crippen LogP contribution in [0, 0.1) is 0 Å². The zero-order valence-corrected chi connectivity index (χ0v) is 16.5. The van der Waals surface area contributed by atoms with Crippen molar-refractivity contribution in [3.05, 3.63) is 57.7 Å². The highest BCUT2D eigenvalue weighted by atomic mass is 35.5. The van der Waals surface area contributed by atoms with Gasteiger partial charge in [0.15, 0.2) is 0 Å². The summed E-state index contributed by atoms with van der Waals surface area (Å²) in [5.74, 6) is 0.169. The Kier molecular flexibility index (Phi) is 6.05. The molecular weight excluding hydrogens is 414 g/mol. The van der Waals surface area contributed by atoms with Crippen LogP contribution in [0.2, 0.25) is 10.0 Å². The maximum atomic E-state index is 12.8. The molecule has 1 amide bonds. The number of alkyl halides is 3. The predicted octanol–water partition coefficient (Wildman–Crippen LogP) is 5.15. The second-order valence-corrected chi connectivity index (χ2v) is 7.46. The number of benzene rings is 1. The number of halogens is 5. The molecule has 0 aliphatic carbocycles. The van der Waals surface area contributed by atoms with Gasteiger partial charge in [-0.25, -0.2) is 4.98 Å². The Morgan fingerprint density at radius 3 is 2.39 bits per heavy atom. The topological polar surface area (TPSA) is 36.4 Å². The maximum Gasteiger partial charge on any atom is 0.417 e. The summed E-state index contributed by atoms with van der Waals surface area (Å²) < 4.78 is 38.3. The lowest BCUT2D eigenvalue weighted by Crippen LogP contribution is -2.46. The van der Waals surface area contributed by atoms with Crippen LogP contribution in [0.5, 0.6) is 0 Å². The van der Waals surface area contributed by atoms with Gasteiger partial charge in [-0.05, 0) is 31.0 Å². The van der Waals surface area contributed by atoms with Gasteiger partial charge in [-0.3, -0.25) is 4.79 Å². The van der Waals surface area contributed by atoms with E-state index in [9.17, 15) is 18.0 Å². The predicted molar refractivity (Wildman–Crippen MR) is 103 cm³/mol. The van der Waals surface area contributed by atoms with Crippen molar-refractivity contribution in [2.75, 3.05) is 25.0 Å². The molecule has 4 nitrogen and oxygen atoms in total. The van der Waals surface area contributed by atoms with Gasteiger partial charge < -0.3 is 9.80 Å². The molecule has 1 aromatic heterocycles. The Hall–Kier alpha value is -1.99. The highest BCUT2D eigenvalue weighted by molar-refractivity contribution is 6.34. The summed E-state index contributed by atoms with van der Waals surface area (Å²) >= 11 is 12.1. The molecular formula is C19H18Cl2F3N3O. The number of pyridine rings is 1. The zero-order valence-electron chi connectivity index (χ0n) is 15.0. The van der Waals surface area contributed by atoms with Gasteiger partial charge in [0, 0.05) is 32.4 Å². The van der Waals surface area contributed by atoms with Crippen molar-refractivity contribution in [3.63, 3.8) is 0 Å². The summed E-state index contributed by atoms with van der Waals surface area (Å²) in [6.07, 6.45) is -2.40. The van der Waals surface area contributed by atoms with Gasteiger partial charge in [-0.15, -0.1) is 0 Å². The number of amides is 1. The molecule has 1 aromatic carbocycles. The van der Waals surface area contributed by atoms with Gasteiger partial charge in [0.1, 0.15) is 5.82 Å². The molecule has 3 rings (SSSR count). The number of carbonyl (C=O) groups is 1. The Balaban J connectivity index is 1.66. The van der Waals surface area contributed by atoms with E-state index in [4.69, 9.17) is 23.2 Å². The van der Waals surface area contributed by atoms with E-state index in [1.807, 2.05) is 4.90 Å². The van der Waals surface area contributed by atoms with Gasteiger partial charge in [0.2, 0.25) is 0 Å². The van der Waals surface area contributed by atoms with Crippen molar-refractivity contribution in [2.45, 2.75) is 25.1 Å². The van der Waals surface area contributed by atoms with Crippen LogP contribution in [0.25, 0.3) is 0 Å². The lowest BCUT2D eigenvalue weighted by molar-refractivity contribution is -0.137. The molecule has 2 aromatic rings. The molecule has 2 heterocycles. The molecule has 1 aliphatic rings. The first kappa shape index (κ1) is 20.7. The number of aromatic nitrogens is 1. The van der Waals surface area contributed by atoms with E-state index in [0.717, 1.165) is 12.3 Å². The highest BCUT2D eigenvalue weighted by Crippen LogP contribution is 2.34. The molecule has 0 radical (unpaired) electrons. The fourth-order valence-corrected chi connectivity index (χ4v) is 3.78. The molecule has 0 atom stereocenters. The van der Waals surface area contributed by atoms with Crippen LogP contribution in [-0.2, 0) is 6.18 Å². The maximum absolute atomic E-state index is 12.8. The van der Waals surface area contributed by atoms with Gasteiger partial charge in [0.25, 0.3) is 5.91 Å². The third-order valence-electron chi connectivity index (χ3n) is 4.89. The largest absolute Gasteiger partial charge is 0.417 e. The van der Waals surface area contributed by atoms with Gasteiger partial charge >= 0.3 is 6.18 Å². The summed E-state index contributed by atoms with van der Waals surface area (Å²) in [5, 5.41) is 0.367. The van der Waals surface area contributed by atoms with Crippen molar-refractivity contribution in [3.8, 4) is 0 Å². The monoisotopic (exact) mass is 431 g/mol. The van der Waals surface area contributed by atoms with Crippen LogP contribution >= 0.6 is 23.2 Å². The average molecular weight is 432 g/mol. The molecule has 9 heteroatoms. The third kappa shape index (κ3) is 4.36. The number of carbonyl (C=O) groups excluding carboxylic acids is 1. The van der Waals surface area contributed by atoms with E-state index in [0.29, 0.717) is 42.3 Å². The molecule has 1 fully saturated rings. The van der Waals surface area contributed by atoms with Crippen LogP contribution in [0.4, 0.5) is 19.0 Å². The number of anilines is 1. The van der Waals surface area contributed by atoms with Crippen molar-refractivity contribution in [2.24, 2.45) is 0 Å². The number of hydrogen-bond donors (Lipinski definition) is 0. The van der Waals surface area contributed by atoms with E-state index >= 15 is 0 Å². The van der Waals surface area contributed by atoms with Gasteiger partial charge in [-0.2, -0.15) is 13.2 Å². The first-order valence-corrected chi connectivity index (χ1v) is 9.43. The summed E-state index contributed by atoms with van der Waals surface area (Å²) in [6.45, 7) is 1.06. The molecule has 0 spiro atoms. The third-order valence-corrected chi connectivity index (χ3v) is 5.49. The zero-order chi connectivity index (χ0) is 20.5. The highest BCUT2D eigenvalue weighted by Gasteiger charge is 2.33. The second-order valence-electron chi connectivity index (χ2n) is 6.64. The van der Waals surface area contributed by atoms with E-state index in [-0.39, 0.29) is 17.0 Å². The first-order chi connectivity index (χ1) is 13.2. The van der Waals surface area contributed by atoms with E-state index in [1.165, 1.54) is 0 Å². The molecule has 28 heavy (non-hydrogen) atoms. The number of rotatable bonds is 3. The van der Waals surface area contributed by atoms with E-state index in [1.54, 1.807) is 36.2 Å². The van der Waals surface area contributed by atoms with Crippen LogP contribution in [0.1, 0.15) is 28.8 Å². The molecule has 0 saturated carbocycles. The van der Waals surface area contributed by atoms with E-state index in [2.05, 4.69) is 4.98 Å². The average Bonchev–Trinajstić information content (AvgIpc) is 2.66. The lowest BCUT2D eigenvalue weighted by atomic mass is 10.0. The summed E-state index contributed by atoms with van der Waals surface area (Å²) in [5.41, 5.74) is -0.428. The van der Waals surface area contributed by atoms with Crippen LogP contribution in [0.3, 0.4) is 0 Å². The van der Waals surface area contributed by atoms with Gasteiger partial charge in [-0.1, -0.05) is 35.3 Å². The molecule has 150 valence electrons. The van der Waals surface area contributed by atoms with Crippen molar-refractivity contribution in [1.29, 1.82) is 0 Å². The van der Waals surface area contributed by atoms with Crippen LogP contribution in [-0.4, -0.2) is 42.0 Å². The minimum absolute atomic E-state index is 0.00625. The summed E-state index contributed by atoms with van der Waals surface area (Å²) in [7, 11) is 1.73. The smallest absolute Gasteiger partial charge is 0.355 e. The quantitative estimate of drug-likeness (QED) is 0.674. The molecule has 1 aliphatic heterocycles. The number of piperidine rings is 1. The first-order valence-electron chi connectivity index (χ1n) is 8.68. The summed E-state index contributed by atoms with van der Waals surface area (Å²) in [6, 6.07) is 7.76. The SMILES string of the molecule is CN(C(=O)c1ccccc1Cl)C1CCN(c2ncc(C(F)(F)F)cc2Cl)CC1. The fourth-order valence-electron chi connectivity index (χ4n) is 3.27. The molecule has 0 N–H and O–H groups in total. The van der Waals surface area contributed by atoms with Crippen molar-refractivity contribution < 1.29 is 18.0 Å². The number of nitrogens with zero attached hydrogens (tertiary/aromatic N) is 3. The van der Waals surface area contributed by atoms with Gasteiger partial charge in [0.05, 0.1) is 21.2 Å². The molecule has 0 bridgehead atoms. The van der Waals surface area contributed by atoms with Crippen molar-refractivity contribution in [1.82, 2.24) is 9.88 Å². The summed E-state index contributed by atoms with van der Waals surface area (Å²) in [4.78, 5) is 20.1. The standard InChI is InChI=1S/C19H18Cl2F3N3O/c1-26(18(28)14-4-2-3-5-15(14)20)13-6-8-27(9-7-13)17-16(21)10-12(11-25-17)19(22,23)24/h2-5,10-11,13H,6-9H2,1H3. The second kappa shape index (κ2) is 8.17. The Bertz CT molecular complexity index is 868. The Morgan fingerprint density at radius 1 is 1.18 bits per heavy atom. The van der Waals surface area contributed by atoms with Crippen molar-refractivity contribution >= 4 is 34.9 Å². The minimum atomic E-state index is -4.48. The fraction of sp³-hybridized carbons (Fsp3) is 0.368. The van der Waals surface area contributed by atoms with E-state index < -0.39 is 11.7 Å². The molecule has 1 saturated heterocycles. The molecule has 0 unspecified atom stereocenters. The normalized spacial score (nSPS) is 15.6. The number of hydrogen-bond acceptors (Lipinski definition) is 3. The lowest BCUT2D eigenvalue weighted by Gasteiger charge is -2.37. The Morgan fingerprint density at radius 2 is 1.82 bits per heavy atom.